The molecule has 1 aliphatic rings. The van der Waals surface area contributed by atoms with Crippen molar-refractivity contribution in [2.24, 2.45) is 5.92 Å². The first-order valence-corrected chi connectivity index (χ1v) is 5.15. The Morgan fingerprint density at radius 2 is 2.33 bits per heavy atom. The molecule has 0 aromatic heterocycles. The maximum absolute atomic E-state index is 12.0. The van der Waals surface area contributed by atoms with Gasteiger partial charge in [0.05, 0.1) is 12.0 Å². The van der Waals surface area contributed by atoms with Crippen molar-refractivity contribution < 1.29 is 4.79 Å². The third-order valence-corrected chi connectivity index (χ3v) is 2.97. The number of carbonyl (C=O) groups excluding carboxylic acids is 1. The highest BCUT2D eigenvalue weighted by Crippen LogP contribution is 2.15. The maximum atomic E-state index is 12.0. The molecule has 0 bridgehead atoms. The second-order valence-electron chi connectivity index (χ2n) is 3.86. The van der Waals surface area contributed by atoms with Gasteiger partial charge in [-0.3, -0.25) is 4.79 Å². The fraction of sp³-hybridized carbons (Fsp3) is 0.636. The largest absolute Gasteiger partial charge is 0.319 e. The van der Waals surface area contributed by atoms with E-state index < -0.39 is 0 Å². The summed E-state index contributed by atoms with van der Waals surface area (Å²) in [5.74, 6) is -0.0702. The maximum Gasteiger partial charge on any atom is 0.228 e. The van der Waals surface area contributed by atoms with Crippen LogP contribution in [0.3, 0.4) is 0 Å². The highest BCUT2D eigenvalue weighted by molar-refractivity contribution is 5.80. The van der Waals surface area contributed by atoms with Gasteiger partial charge in [0.2, 0.25) is 5.91 Å². The molecule has 0 spiro atoms. The number of hydrogen-bond donors (Lipinski definition) is 1. The lowest BCUT2D eigenvalue weighted by atomic mass is 10.0. The molecule has 0 saturated heterocycles. The van der Waals surface area contributed by atoms with Crippen LogP contribution >= 0.6 is 0 Å². The van der Waals surface area contributed by atoms with Gasteiger partial charge in [-0.05, 0) is 20.0 Å². The Kier molecular flexibility index (Phi) is 3.87. The molecule has 4 nitrogen and oxygen atoms in total. The third kappa shape index (κ3) is 2.37. The van der Waals surface area contributed by atoms with Crippen LogP contribution in [-0.4, -0.2) is 36.5 Å². The van der Waals surface area contributed by atoms with E-state index >= 15 is 0 Å². The van der Waals surface area contributed by atoms with Gasteiger partial charge in [0.1, 0.15) is 6.04 Å². The Balaban J connectivity index is 2.66. The number of nitrogens with one attached hydrogen (secondary N) is 1. The first-order chi connectivity index (χ1) is 7.11. The van der Waals surface area contributed by atoms with E-state index in [0.717, 1.165) is 0 Å². The van der Waals surface area contributed by atoms with E-state index in [4.69, 9.17) is 5.26 Å². The van der Waals surface area contributed by atoms with Crippen LogP contribution in [-0.2, 0) is 4.79 Å². The van der Waals surface area contributed by atoms with Gasteiger partial charge in [0.15, 0.2) is 0 Å². The van der Waals surface area contributed by atoms with Crippen LogP contribution < -0.4 is 5.32 Å². The molecule has 1 heterocycles. The lowest BCUT2D eigenvalue weighted by Gasteiger charge is -2.26. The molecule has 1 aliphatic heterocycles. The topological polar surface area (TPSA) is 56.1 Å². The molecule has 3 atom stereocenters. The molecule has 82 valence electrons. The molecular formula is C11H17N3O. The number of rotatable bonds is 3. The summed E-state index contributed by atoms with van der Waals surface area (Å²) in [6, 6.07) is 1.84. The van der Waals surface area contributed by atoms with E-state index in [1.165, 1.54) is 0 Å². The van der Waals surface area contributed by atoms with E-state index in [0.29, 0.717) is 6.54 Å². The predicted molar refractivity (Wildman–Crippen MR) is 57.9 cm³/mol. The highest BCUT2D eigenvalue weighted by atomic mass is 16.2. The quantitative estimate of drug-likeness (QED) is 0.686. The number of amides is 1. The molecule has 0 fully saturated rings. The summed E-state index contributed by atoms with van der Waals surface area (Å²) in [6.45, 7) is 4.40. The van der Waals surface area contributed by atoms with Gasteiger partial charge in [0.25, 0.3) is 0 Å². The van der Waals surface area contributed by atoms with Crippen molar-refractivity contribution >= 4 is 5.91 Å². The van der Waals surface area contributed by atoms with E-state index in [2.05, 4.69) is 11.4 Å². The minimum Gasteiger partial charge on any atom is -0.319 e. The summed E-state index contributed by atoms with van der Waals surface area (Å²) in [5.41, 5.74) is 0. The lowest BCUT2D eigenvalue weighted by molar-refractivity contribution is -0.135. The fourth-order valence-electron chi connectivity index (χ4n) is 1.59. The first kappa shape index (κ1) is 11.7. The molecule has 4 heteroatoms. The van der Waals surface area contributed by atoms with Crippen molar-refractivity contribution in [2.45, 2.75) is 25.9 Å². The van der Waals surface area contributed by atoms with Gasteiger partial charge in [-0.1, -0.05) is 13.0 Å². The Morgan fingerprint density at radius 3 is 2.87 bits per heavy atom. The average molecular weight is 207 g/mol. The minimum absolute atomic E-state index is 0.0356. The predicted octanol–water partition coefficient (Wildman–Crippen LogP) is 0.521. The molecule has 0 aromatic rings. The Labute approximate surface area is 90.6 Å². The van der Waals surface area contributed by atoms with E-state index in [1.807, 2.05) is 27.0 Å². The smallest absolute Gasteiger partial charge is 0.228 e. The molecule has 1 amide bonds. The van der Waals surface area contributed by atoms with Crippen molar-refractivity contribution in [1.82, 2.24) is 10.2 Å². The number of nitrogens with zero attached hydrogens (tertiary/aromatic N) is 2. The van der Waals surface area contributed by atoms with Gasteiger partial charge in [-0.2, -0.15) is 5.26 Å². The molecule has 3 unspecified atom stereocenters. The van der Waals surface area contributed by atoms with Crippen LogP contribution in [0.15, 0.2) is 12.2 Å². The monoisotopic (exact) mass is 207 g/mol. The van der Waals surface area contributed by atoms with E-state index in [9.17, 15) is 4.79 Å². The minimum atomic E-state index is -0.385. The average Bonchev–Trinajstić information content (AvgIpc) is 2.73. The van der Waals surface area contributed by atoms with Crippen LogP contribution in [0.4, 0.5) is 0 Å². The molecule has 1 N–H and O–H groups in total. The molecule has 0 saturated carbocycles. The second-order valence-corrected chi connectivity index (χ2v) is 3.86. The number of nitriles is 1. The van der Waals surface area contributed by atoms with Crippen LogP contribution in [0.1, 0.15) is 13.8 Å². The Hall–Kier alpha value is -1.34. The van der Waals surface area contributed by atoms with Crippen LogP contribution in [0.25, 0.3) is 0 Å². The van der Waals surface area contributed by atoms with Crippen LogP contribution in [0.2, 0.25) is 0 Å². The fourth-order valence-corrected chi connectivity index (χ4v) is 1.59. The Morgan fingerprint density at radius 1 is 1.67 bits per heavy atom. The second kappa shape index (κ2) is 4.94. The van der Waals surface area contributed by atoms with Gasteiger partial charge in [-0.25, -0.2) is 0 Å². The molecule has 1 rings (SSSR count). The molecule has 0 radical (unpaired) electrons. The van der Waals surface area contributed by atoms with E-state index in [1.54, 1.807) is 11.0 Å². The molecule has 0 aliphatic carbocycles. The normalized spacial score (nSPS) is 23.6. The lowest BCUT2D eigenvalue weighted by Crippen LogP contribution is -2.44. The summed E-state index contributed by atoms with van der Waals surface area (Å²) in [7, 11) is 1.83. The number of hydrogen-bond acceptors (Lipinski definition) is 3. The standard InChI is InChI=1S/C11H17N3O/c1-8(9(2)13-3)11(15)14-6-4-5-10(14)7-12/h4-5,8-10,13H,6H2,1-3H3. The van der Waals surface area contributed by atoms with E-state index in [-0.39, 0.29) is 23.9 Å². The molecular weight excluding hydrogens is 190 g/mol. The van der Waals surface area contributed by atoms with Gasteiger partial charge in [0, 0.05) is 12.6 Å². The summed E-state index contributed by atoms with van der Waals surface area (Å²) < 4.78 is 0. The highest BCUT2D eigenvalue weighted by Gasteiger charge is 2.30. The van der Waals surface area contributed by atoms with Crippen LogP contribution in [0, 0.1) is 17.2 Å². The van der Waals surface area contributed by atoms with Gasteiger partial charge in [-0.15, -0.1) is 0 Å². The van der Waals surface area contributed by atoms with Crippen molar-refractivity contribution in [2.75, 3.05) is 13.6 Å². The van der Waals surface area contributed by atoms with Crippen molar-refractivity contribution in [1.29, 1.82) is 5.26 Å². The van der Waals surface area contributed by atoms with Crippen molar-refractivity contribution in [3.63, 3.8) is 0 Å². The zero-order chi connectivity index (χ0) is 11.4. The summed E-state index contributed by atoms with van der Waals surface area (Å²) in [4.78, 5) is 13.6. The van der Waals surface area contributed by atoms with Crippen molar-refractivity contribution in [3.8, 4) is 6.07 Å². The first-order valence-electron chi connectivity index (χ1n) is 5.15. The van der Waals surface area contributed by atoms with Crippen molar-refractivity contribution in [3.05, 3.63) is 12.2 Å². The molecule has 15 heavy (non-hydrogen) atoms. The number of carbonyl (C=O) groups is 1. The van der Waals surface area contributed by atoms with Gasteiger partial charge >= 0.3 is 0 Å². The van der Waals surface area contributed by atoms with Crippen LogP contribution in [0.5, 0.6) is 0 Å². The molecule has 0 aromatic carbocycles. The van der Waals surface area contributed by atoms with Gasteiger partial charge < -0.3 is 10.2 Å². The summed E-state index contributed by atoms with van der Waals surface area (Å²) >= 11 is 0. The Bertz CT molecular complexity index is 305. The SMILES string of the molecule is CNC(C)C(C)C(=O)N1CC=CC1C#N. The third-order valence-electron chi connectivity index (χ3n) is 2.97. The zero-order valence-corrected chi connectivity index (χ0v) is 9.40. The zero-order valence-electron chi connectivity index (χ0n) is 9.40. The summed E-state index contributed by atoms with van der Waals surface area (Å²) in [6.07, 6.45) is 3.64. The summed E-state index contributed by atoms with van der Waals surface area (Å²) in [5, 5.41) is 11.9.